The molecule has 0 spiro atoms. The lowest BCUT2D eigenvalue weighted by molar-refractivity contribution is 1.03. The molecule has 1 aliphatic rings. The Kier molecular flexibility index (Phi) is 2.71. The molecule has 24 heavy (non-hydrogen) atoms. The van der Waals surface area contributed by atoms with Crippen LogP contribution in [0.15, 0.2) is 43.0 Å². The Labute approximate surface area is 139 Å². The maximum Gasteiger partial charge on any atom is 0.130 e. The molecule has 0 bridgehead atoms. The number of aromatic nitrogens is 4. The lowest BCUT2D eigenvalue weighted by atomic mass is 10.0. The Bertz CT molecular complexity index is 1090. The summed E-state index contributed by atoms with van der Waals surface area (Å²) in [7, 11) is 0. The van der Waals surface area contributed by atoms with Gasteiger partial charge in [-0.2, -0.15) is 0 Å². The van der Waals surface area contributed by atoms with Gasteiger partial charge in [0.25, 0.3) is 0 Å². The molecule has 1 saturated carbocycles. The number of rotatable bonds is 3. The minimum absolute atomic E-state index is 0.589. The predicted molar refractivity (Wildman–Crippen MR) is 97.1 cm³/mol. The highest BCUT2D eigenvalue weighted by molar-refractivity contribution is 5.78. The van der Waals surface area contributed by atoms with E-state index in [1.54, 1.807) is 6.08 Å². The molecule has 2 atom stereocenters. The van der Waals surface area contributed by atoms with Crippen molar-refractivity contribution in [1.82, 2.24) is 19.9 Å². The van der Waals surface area contributed by atoms with E-state index in [1.165, 1.54) is 17.5 Å². The van der Waals surface area contributed by atoms with E-state index in [0.717, 1.165) is 33.7 Å². The molecule has 1 aliphatic carbocycles. The molecule has 0 amide bonds. The number of imidazole rings is 2. The van der Waals surface area contributed by atoms with Crippen molar-refractivity contribution in [3.63, 3.8) is 0 Å². The van der Waals surface area contributed by atoms with Gasteiger partial charge in [0.2, 0.25) is 0 Å². The van der Waals surface area contributed by atoms with Crippen molar-refractivity contribution in [2.75, 3.05) is 0 Å². The van der Waals surface area contributed by atoms with E-state index >= 15 is 0 Å². The maximum absolute atomic E-state index is 4.48. The number of aromatic amines is 2. The molecule has 2 aromatic carbocycles. The first-order chi connectivity index (χ1) is 11.7. The molecule has 2 heterocycles. The molecule has 0 saturated heterocycles. The van der Waals surface area contributed by atoms with E-state index in [2.05, 4.69) is 62.9 Å². The molecule has 5 rings (SSSR count). The van der Waals surface area contributed by atoms with Crippen molar-refractivity contribution < 1.29 is 0 Å². The van der Waals surface area contributed by atoms with Crippen LogP contribution in [0.2, 0.25) is 0 Å². The second kappa shape index (κ2) is 4.81. The van der Waals surface area contributed by atoms with E-state index in [-0.39, 0.29) is 0 Å². The highest BCUT2D eigenvalue weighted by Gasteiger charge is 2.39. The predicted octanol–water partition coefficient (Wildman–Crippen LogP) is 4.66. The van der Waals surface area contributed by atoms with Crippen molar-refractivity contribution in [3.8, 4) is 0 Å². The third kappa shape index (κ3) is 2.07. The van der Waals surface area contributed by atoms with Crippen LogP contribution >= 0.6 is 0 Å². The summed E-state index contributed by atoms with van der Waals surface area (Å²) < 4.78 is 0. The van der Waals surface area contributed by atoms with Crippen LogP contribution in [0, 0.1) is 6.92 Å². The number of nitrogens with zero attached hydrogens (tertiary/aromatic N) is 2. The summed E-state index contributed by atoms with van der Waals surface area (Å²) in [5.74, 6) is 2.98. The average molecular weight is 314 g/mol. The number of fused-ring (bicyclic) bond motifs is 2. The highest BCUT2D eigenvalue weighted by atomic mass is 14.9. The molecule has 2 aromatic heterocycles. The molecule has 118 valence electrons. The largest absolute Gasteiger partial charge is 0.342 e. The van der Waals surface area contributed by atoms with Gasteiger partial charge in [-0.3, -0.25) is 0 Å². The summed E-state index contributed by atoms with van der Waals surface area (Å²) in [6.07, 6.45) is 2.95. The molecule has 2 unspecified atom stereocenters. The zero-order chi connectivity index (χ0) is 16.3. The number of benzene rings is 2. The lowest BCUT2D eigenvalue weighted by Gasteiger charge is -2.02. The van der Waals surface area contributed by atoms with Crippen LogP contribution in [0.25, 0.3) is 28.1 Å². The summed E-state index contributed by atoms with van der Waals surface area (Å²) in [5, 5.41) is 0. The summed E-state index contributed by atoms with van der Waals surface area (Å²) in [6.45, 7) is 5.77. The highest BCUT2D eigenvalue weighted by Crippen LogP contribution is 2.55. The van der Waals surface area contributed by atoms with Gasteiger partial charge in [0, 0.05) is 0 Å². The third-order valence-corrected chi connectivity index (χ3v) is 4.99. The number of aryl methyl sites for hydroxylation is 1. The Morgan fingerprint density at radius 3 is 2.25 bits per heavy atom. The zero-order valence-electron chi connectivity index (χ0n) is 13.5. The fraction of sp³-hybridized carbons (Fsp3) is 0.200. The standard InChI is InChI=1S/C20H18N4/c1-3-20-23-17-7-5-13(9-19(17)24-20)15-10-14(15)12-4-6-16-18(8-12)22-11(2)21-16/h3-9,14-15H,1,10H2,2H3,(H,21,22)(H,23,24). The smallest absolute Gasteiger partial charge is 0.130 e. The van der Waals surface area contributed by atoms with Crippen molar-refractivity contribution >= 4 is 28.1 Å². The minimum Gasteiger partial charge on any atom is -0.342 e. The summed E-state index contributed by atoms with van der Waals surface area (Å²) in [4.78, 5) is 15.6. The first-order valence-corrected chi connectivity index (χ1v) is 8.29. The van der Waals surface area contributed by atoms with Crippen molar-refractivity contribution in [2.24, 2.45) is 0 Å². The number of hydrogen-bond acceptors (Lipinski definition) is 2. The lowest BCUT2D eigenvalue weighted by Crippen LogP contribution is -1.85. The Morgan fingerprint density at radius 1 is 0.958 bits per heavy atom. The van der Waals surface area contributed by atoms with Crippen LogP contribution < -0.4 is 0 Å². The van der Waals surface area contributed by atoms with Crippen molar-refractivity contribution in [1.29, 1.82) is 0 Å². The van der Waals surface area contributed by atoms with Gasteiger partial charge in [-0.1, -0.05) is 18.7 Å². The van der Waals surface area contributed by atoms with Crippen LogP contribution in [-0.4, -0.2) is 19.9 Å². The van der Waals surface area contributed by atoms with Crippen LogP contribution in [0.3, 0.4) is 0 Å². The van der Waals surface area contributed by atoms with Crippen molar-refractivity contribution in [3.05, 3.63) is 65.8 Å². The van der Waals surface area contributed by atoms with Gasteiger partial charge in [0.15, 0.2) is 0 Å². The molecule has 0 aliphatic heterocycles. The fourth-order valence-electron chi connectivity index (χ4n) is 3.69. The number of hydrogen-bond donors (Lipinski definition) is 2. The maximum atomic E-state index is 4.48. The van der Waals surface area contributed by atoms with Crippen LogP contribution in [0.5, 0.6) is 0 Å². The second-order valence-corrected chi connectivity index (χ2v) is 6.65. The van der Waals surface area contributed by atoms with Crippen LogP contribution in [0.4, 0.5) is 0 Å². The number of H-pyrrole nitrogens is 2. The van der Waals surface area contributed by atoms with Gasteiger partial charge in [0.05, 0.1) is 22.1 Å². The summed E-state index contributed by atoms with van der Waals surface area (Å²) in [5.41, 5.74) is 7.05. The van der Waals surface area contributed by atoms with E-state index < -0.39 is 0 Å². The molecular weight excluding hydrogens is 296 g/mol. The Hall–Kier alpha value is -2.88. The minimum atomic E-state index is 0.589. The van der Waals surface area contributed by atoms with Gasteiger partial charge in [-0.05, 0) is 66.6 Å². The normalized spacial score (nSPS) is 19.9. The van der Waals surface area contributed by atoms with Gasteiger partial charge in [0.1, 0.15) is 11.6 Å². The zero-order valence-corrected chi connectivity index (χ0v) is 13.5. The molecule has 4 aromatic rings. The summed E-state index contributed by atoms with van der Waals surface area (Å²) >= 11 is 0. The third-order valence-electron chi connectivity index (χ3n) is 4.99. The van der Waals surface area contributed by atoms with Gasteiger partial charge >= 0.3 is 0 Å². The van der Waals surface area contributed by atoms with Crippen LogP contribution in [0.1, 0.15) is 41.0 Å². The average Bonchev–Trinajstić information content (AvgIpc) is 3.13. The molecular formula is C20H18N4. The monoisotopic (exact) mass is 314 g/mol. The fourth-order valence-corrected chi connectivity index (χ4v) is 3.69. The molecule has 0 radical (unpaired) electrons. The summed E-state index contributed by atoms with van der Waals surface area (Å²) in [6, 6.07) is 13.1. The van der Waals surface area contributed by atoms with E-state index in [9.17, 15) is 0 Å². The SMILES string of the molecule is C=Cc1nc2ccc(C3CC3c3ccc4nc(C)[nH]c4c3)cc2[nH]1. The van der Waals surface area contributed by atoms with E-state index in [0.29, 0.717) is 11.8 Å². The first kappa shape index (κ1) is 13.5. The molecule has 2 N–H and O–H groups in total. The van der Waals surface area contributed by atoms with Gasteiger partial charge in [-0.25, -0.2) is 9.97 Å². The molecule has 4 heteroatoms. The van der Waals surface area contributed by atoms with E-state index in [4.69, 9.17) is 0 Å². The van der Waals surface area contributed by atoms with Crippen LogP contribution in [-0.2, 0) is 0 Å². The first-order valence-electron chi connectivity index (χ1n) is 8.29. The van der Waals surface area contributed by atoms with Gasteiger partial charge < -0.3 is 9.97 Å². The quantitative estimate of drug-likeness (QED) is 0.578. The molecule has 1 fully saturated rings. The molecule has 4 nitrogen and oxygen atoms in total. The Morgan fingerprint density at radius 2 is 1.58 bits per heavy atom. The number of nitrogens with one attached hydrogen (secondary N) is 2. The topological polar surface area (TPSA) is 57.4 Å². The van der Waals surface area contributed by atoms with E-state index in [1.807, 2.05) is 6.92 Å². The van der Waals surface area contributed by atoms with Crippen molar-refractivity contribution in [2.45, 2.75) is 25.2 Å². The Balaban J connectivity index is 1.47. The van der Waals surface area contributed by atoms with Gasteiger partial charge in [-0.15, -0.1) is 0 Å². The second-order valence-electron chi connectivity index (χ2n) is 6.65.